The first-order valence-electron chi connectivity index (χ1n) is 11.3. The van der Waals surface area contributed by atoms with Gasteiger partial charge in [0.05, 0.1) is 36.7 Å². The Balaban J connectivity index is 1.63. The van der Waals surface area contributed by atoms with Crippen LogP contribution in [0.25, 0.3) is 0 Å². The molecule has 2 unspecified atom stereocenters. The van der Waals surface area contributed by atoms with Gasteiger partial charge in [-0.2, -0.15) is 0 Å². The second kappa shape index (κ2) is 11.1. The molecular weight excluding hydrogens is 454 g/mol. The highest BCUT2D eigenvalue weighted by molar-refractivity contribution is 7.89. The number of hydrogen-bond donors (Lipinski definition) is 1. The van der Waals surface area contributed by atoms with Gasteiger partial charge in [0.1, 0.15) is 11.5 Å². The topological polar surface area (TPSA) is 68.2 Å². The Morgan fingerprint density at radius 2 is 1.64 bits per heavy atom. The lowest BCUT2D eigenvalue weighted by atomic mass is 9.81. The van der Waals surface area contributed by atoms with Crippen LogP contribution in [0.5, 0.6) is 11.5 Å². The monoisotopic (exact) mass is 490 g/mol. The molecule has 2 aromatic carbocycles. The fourth-order valence-corrected chi connectivity index (χ4v) is 4.51. The number of aliphatic hydroxyl groups is 1. The van der Waals surface area contributed by atoms with E-state index in [1.807, 2.05) is 46.8 Å². The largest absolute Gasteiger partial charge is 0.593 e. The third-order valence-corrected chi connectivity index (χ3v) is 8.65. The molecular formula is C24H36BN2O4PS. The smallest absolute Gasteiger partial charge is 0.309 e. The van der Waals surface area contributed by atoms with Crippen molar-refractivity contribution in [2.45, 2.75) is 50.0 Å². The van der Waals surface area contributed by atoms with Gasteiger partial charge in [0.2, 0.25) is 0 Å². The highest BCUT2D eigenvalue weighted by atomic mass is 32.2. The SMILES string of the molecule is CN1CCN([S+]([O-])c2ccc(Oc3ccc(BOC(C)(C)C(C)(C)P)c(CO)c3)cc2)CC1. The number of nitrogens with zero attached hydrogens (tertiary/aromatic N) is 2. The molecule has 9 heteroatoms. The number of hydrogen-bond acceptors (Lipinski definition) is 6. The predicted octanol–water partition coefficient (Wildman–Crippen LogP) is 2.67. The molecule has 0 aromatic heterocycles. The van der Waals surface area contributed by atoms with Crippen LogP contribution in [0.2, 0.25) is 0 Å². The van der Waals surface area contributed by atoms with E-state index in [1.165, 1.54) is 0 Å². The molecule has 0 amide bonds. The van der Waals surface area contributed by atoms with E-state index in [0.29, 0.717) is 19.0 Å². The minimum absolute atomic E-state index is 0.0877. The van der Waals surface area contributed by atoms with Gasteiger partial charge in [-0.15, -0.1) is 13.5 Å². The zero-order valence-electron chi connectivity index (χ0n) is 20.3. The molecule has 1 N–H and O–H groups in total. The molecule has 2 atom stereocenters. The first-order chi connectivity index (χ1) is 15.5. The van der Waals surface area contributed by atoms with Crippen molar-refractivity contribution in [2.24, 2.45) is 0 Å². The minimum Gasteiger partial charge on any atom is -0.593 e. The summed E-state index contributed by atoms with van der Waals surface area (Å²) in [6.07, 6.45) is 0. The Morgan fingerprint density at radius 3 is 2.21 bits per heavy atom. The highest BCUT2D eigenvalue weighted by Gasteiger charge is 2.33. The fourth-order valence-electron chi connectivity index (χ4n) is 3.26. The van der Waals surface area contributed by atoms with Crippen LogP contribution < -0.4 is 10.2 Å². The first kappa shape index (κ1) is 26.5. The van der Waals surface area contributed by atoms with Crippen LogP contribution in [0.1, 0.15) is 33.3 Å². The van der Waals surface area contributed by atoms with Crippen LogP contribution in [0, 0.1) is 0 Å². The molecule has 0 saturated carbocycles. The Kier molecular flexibility index (Phi) is 8.90. The number of benzene rings is 2. The average molecular weight is 490 g/mol. The Morgan fingerprint density at radius 1 is 1.03 bits per heavy atom. The number of likely N-dealkylation sites (N-methyl/N-ethyl adjacent to an activating group) is 1. The molecule has 1 fully saturated rings. The van der Waals surface area contributed by atoms with E-state index in [2.05, 4.69) is 48.9 Å². The van der Waals surface area contributed by atoms with Gasteiger partial charge < -0.3 is 24.0 Å². The van der Waals surface area contributed by atoms with Crippen molar-refractivity contribution >= 4 is 33.5 Å². The van der Waals surface area contributed by atoms with Gasteiger partial charge in [0.15, 0.2) is 4.90 Å². The fraction of sp³-hybridized carbons (Fsp3) is 0.500. The van der Waals surface area contributed by atoms with Crippen molar-refractivity contribution in [3.63, 3.8) is 0 Å². The van der Waals surface area contributed by atoms with E-state index in [9.17, 15) is 9.66 Å². The molecule has 0 radical (unpaired) electrons. The normalized spacial score (nSPS) is 17.1. The van der Waals surface area contributed by atoms with Crippen LogP contribution >= 0.6 is 9.24 Å². The Hall–Kier alpha value is -1.12. The average Bonchev–Trinajstić information content (AvgIpc) is 2.78. The second-order valence-electron chi connectivity index (χ2n) is 9.66. The van der Waals surface area contributed by atoms with E-state index in [-0.39, 0.29) is 17.4 Å². The predicted molar refractivity (Wildman–Crippen MR) is 140 cm³/mol. The zero-order chi connectivity index (χ0) is 24.2. The van der Waals surface area contributed by atoms with Crippen molar-refractivity contribution in [1.29, 1.82) is 0 Å². The molecule has 2 aromatic rings. The van der Waals surface area contributed by atoms with Gasteiger partial charge in [-0.3, -0.25) is 0 Å². The molecule has 0 spiro atoms. The third-order valence-electron chi connectivity index (χ3n) is 6.45. The molecule has 1 saturated heterocycles. The Labute approximate surface area is 204 Å². The van der Waals surface area contributed by atoms with Crippen molar-refractivity contribution in [3.8, 4) is 11.5 Å². The van der Waals surface area contributed by atoms with E-state index in [0.717, 1.165) is 42.1 Å². The lowest BCUT2D eigenvalue weighted by molar-refractivity contribution is 0.0840. The molecule has 1 aliphatic heterocycles. The Bertz CT molecular complexity index is 916. The van der Waals surface area contributed by atoms with Gasteiger partial charge in [0, 0.05) is 18.2 Å². The number of ether oxygens (including phenoxy) is 1. The molecule has 1 heterocycles. The van der Waals surface area contributed by atoms with Crippen LogP contribution in [0.4, 0.5) is 0 Å². The summed E-state index contributed by atoms with van der Waals surface area (Å²) in [6.45, 7) is 11.7. The van der Waals surface area contributed by atoms with Crippen LogP contribution in [0.15, 0.2) is 47.4 Å². The van der Waals surface area contributed by atoms with Gasteiger partial charge >= 0.3 is 7.48 Å². The van der Waals surface area contributed by atoms with Crippen LogP contribution in [0.3, 0.4) is 0 Å². The summed E-state index contributed by atoms with van der Waals surface area (Å²) in [5.74, 6) is 1.30. The quantitative estimate of drug-likeness (QED) is 0.331. The molecule has 3 rings (SSSR count). The van der Waals surface area contributed by atoms with Crippen LogP contribution in [-0.4, -0.2) is 70.3 Å². The summed E-state index contributed by atoms with van der Waals surface area (Å²) in [6, 6.07) is 13.0. The summed E-state index contributed by atoms with van der Waals surface area (Å²) in [5.41, 5.74) is 1.37. The lowest BCUT2D eigenvalue weighted by Crippen LogP contribution is -2.46. The molecule has 0 bridgehead atoms. The van der Waals surface area contributed by atoms with Crippen molar-refractivity contribution < 1.29 is 19.1 Å². The maximum atomic E-state index is 12.8. The molecule has 180 valence electrons. The highest BCUT2D eigenvalue weighted by Crippen LogP contribution is 2.33. The minimum atomic E-state index is -1.16. The second-order valence-corrected chi connectivity index (χ2v) is 12.6. The summed E-state index contributed by atoms with van der Waals surface area (Å²) in [7, 11) is 5.33. The number of aliphatic hydroxyl groups excluding tert-OH is 1. The summed E-state index contributed by atoms with van der Waals surface area (Å²) in [5, 5.41) is 9.79. The molecule has 6 nitrogen and oxygen atoms in total. The van der Waals surface area contributed by atoms with Crippen molar-refractivity contribution in [2.75, 3.05) is 33.2 Å². The molecule has 33 heavy (non-hydrogen) atoms. The first-order valence-corrected chi connectivity index (χ1v) is 13.0. The zero-order valence-corrected chi connectivity index (χ0v) is 22.3. The van der Waals surface area contributed by atoms with Gasteiger partial charge in [-0.05, 0) is 68.3 Å². The van der Waals surface area contributed by atoms with Gasteiger partial charge in [-0.1, -0.05) is 19.9 Å². The van der Waals surface area contributed by atoms with Crippen molar-refractivity contribution in [1.82, 2.24) is 9.21 Å². The maximum Gasteiger partial charge on any atom is 0.309 e. The van der Waals surface area contributed by atoms with Gasteiger partial charge in [0.25, 0.3) is 0 Å². The number of piperazine rings is 1. The third kappa shape index (κ3) is 6.95. The molecule has 0 aliphatic carbocycles. The van der Waals surface area contributed by atoms with E-state index in [4.69, 9.17) is 9.39 Å². The van der Waals surface area contributed by atoms with Gasteiger partial charge in [-0.25, -0.2) is 0 Å². The van der Waals surface area contributed by atoms with Crippen molar-refractivity contribution in [3.05, 3.63) is 48.0 Å². The maximum absolute atomic E-state index is 12.8. The number of rotatable bonds is 9. The van der Waals surface area contributed by atoms with E-state index < -0.39 is 11.4 Å². The van der Waals surface area contributed by atoms with E-state index in [1.54, 1.807) is 0 Å². The summed E-state index contributed by atoms with van der Waals surface area (Å²) >= 11 is -1.16. The van der Waals surface area contributed by atoms with Crippen LogP contribution in [-0.2, 0) is 22.6 Å². The summed E-state index contributed by atoms with van der Waals surface area (Å²) in [4.78, 5) is 3.02. The van der Waals surface area contributed by atoms with E-state index >= 15 is 0 Å². The lowest BCUT2D eigenvalue weighted by Gasteiger charge is -2.39. The standard InChI is InChI=1S/C24H36BN2O4PS/c1-23(2,24(3,4)32)31-25-22-11-8-20(16-18(22)17-28)30-19-6-9-21(10-7-19)33(29)27-14-12-26(5)13-15-27/h6-11,16,25,28H,12-15,17,32H2,1-5H3. The summed E-state index contributed by atoms with van der Waals surface area (Å²) < 4.78 is 27.0. The molecule has 1 aliphatic rings.